The van der Waals surface area contributed by atoms with Crippen LogP contribution in [0.2, 0.25) is 10.2 Å². The van der Waals surface area contributed by atoms with E-state index in [0.717, 1.165) is 4.90 Å². The number of pyridine rings is 1. The second kappa shape index (κ2) is 12.2. The van der Waals surface area contributed by atoms with Gasteiger partial charge in [0.1, 0.15) is 10.8 Å². The molecule has 0 unspecified atom stereocenters. The molecule has 0 atom stereocenters. The smallest absolute Gasteiger partial charge is 0.335 e. The highest BCUT2D eigenvalue weighted by atomic mass is 35.5. The lowest BCUT2D eigenvalue weighted by atomic mass is 9.90. The molecule has 1 aliphatic rings. The number of ether oxygens (including phenoxy) is 2. The summed E-state index contributed by atoms with van der Waals surface area (Å²) in [6, 6.07) is 3.18. The molecule has 2 aromatic heterocycles. The zero-order valence-corrected chi connectivity index (χ0v) is 21.1. The van der Waals surface area contributed by atoms with E-state index in [1.165, 1.54) is 19.4 Å². The van der Waals surface area contributed by atoms with Crippen molar-refractivity contribution in [3.63, 3.8) is 0 Å². The minimum Gasteiger partial charge on any atom is -0.469 e. The monoisotopic (exact) mass is 538 g/mol. The van der Waals surface area contributed by atoms with E-state index in [0.29, 0.717) is 42.6 Å². The van der Waals surface area contributed by atoms with Crippen LogP contribution in [0.1, 0.15) is 36.1 Å². The molecule has 1 aliphatic carbocycles. The number of esters is 2. The van der Waals surface area contributed by atoms with Crippen LogP contribution >= 0.6 is 34.5 Å². The van der Waals surface area contributed by atoms with Gasteiger partial charge >= 0.3 is 11.9 Å². The van der Waals surface area contributed by atoms with Crippen LogP contribution in [0.25, 0.3) is 0 Å². The van der Waals surface area contributed by atoms with Crippen molar-refractivity contribution in [1.82, 2.24) is 4.98 Å². The SMILES string of the molecule is C#CCOC(=O)C1=C(C(=O)N(Cc2ccc(Cl)nc2)c2c(F)sc(CC(=O)OC)c2Cl)CCCC1. The van der Waals surface area contributed by atoms with E-state index in [1.54, 1.807) is 6.07 Å². The van der Waals surface area contributed by atoms with E-state index in [1.807, 2.05) is 0 Å². The summed E-state index contributed by atoms with van der Waals surface area (Å²) in [7, 11) is 1.21. The minimum atomic E-state index is -0.753. The number of aromatic nitrogens is 1. The number of nitrogens with zero attached hydrogens (tertiary/aromatic N) is 2. The fourth-order valence-corrected chi connectivity index (χ4v) is 5.06. The zero-order valence-electron chi connectivity index (χ0n) is 18.7. The van der Waals surface area contributed by atoms with E-state index in [4.69, 9.17) is 34.4 Å². The predicted molar refractivity (Wildman–Crippen MR) is 131 cm³/mol. The van der Waals surface area contributed by atoms with Crippen LogP contribution in [0.3, 0.4) is 0 Å². The molecule has 0 saturated heterocycles. The third kappa shape index (κ3) is 6.40. The third-order valence-corrected chi connectivity index (χ3v) is 7.00. The van der Waals surface area contributed by atoms with Crippen molar-refractivity contribution in [2.45, 2.75) is 38.6 Å². The number of hydrogen-bond acceptors (Lipinski definition) is 7. The van der Waals surface area contributed by atoms with E-state index in [9.17, 15) is 14.4 Å². The molecule has 11 heteroatoms. The number of rotatable bonds is 8. The summed E-state index contributed by atoms with van der Waals surface area (Å²) < 4.78 is 24.9. The molecular weight excluding hydrogens is 518 g/mol. The Kier molecular flexibility index (Phi) is 9.26. The number of carbonyl (C=O) groups is 3. The van der Waals surface area contributed by atoms with Gasteiger partial charge in [-0.15, -0.1) is 17.8 Å². The van der Waals surface area contributed by atoms with Crippen molar-refractivity contribution in [1.29, 1.82) is 0 Å². The lowest BCUT2D eigenvalue weighted by Gasteiger charge is -2.27. The van der Waals surface area contributed by atoms with Crippen LogP contribution in [0, 0.1) is 17.5 Å². The molecule has 3 rings (SSSR count). The molecule has 0 spiro atoms. The van der Waals surface area contributed by atoms with Crippen LogP contribution in [0.4, 0.5) is 10.1 Å². The summed E-state index contributed by atoms with van der Waals surface area (Å²) >= 11 is 13.0. The van der Waals surface area contributed by atoms with E-state index >= 15 is 4.39 Å². The average molecular weight is 539 g/mol. The molecule has 0 fully saturated rings. The topological polar surface area (TPSA) is 85.8 Å². The Morgan fingerprint density at radius 3 is 2.57 bits per heavy atom. The Labute approximate surface area is 215 Å². The average Bonchev–Trinajstić information content (AvgIpc) is 3.13. The van der Waals surface area contributed by atoms with Crippen molar-refractivity contribution in [2.75, 3.05) is 18.6 Å². The number of terminal acetylenes is 1. The number of anilines is 1. The summed E-state index contributed by atoms with van der Waals surface area (Å²) in [6.45, 7) is -0.337. The number of thiophene rings is 1. The first kappa shape index (κ1) is 26.7. The fraction of sp³-hybridized carbons (Fsp3) is 0.333. The highest BCUT2D eigenvalue weighted by Gasteiger charge is 2.33. The van der Waals surface area contributed by atoms with Crippen LogP contribution in [0.5, 0.6) is 0 Å². The molecule has 184 valence electrons. The molecule has 1 amide bonds. The molecular formula is C24H21Cl2FN2O5S. The van der Waals surface area contributed by atoms with Gasteiger partial charge in [-0.05, 0) is 37.3 Å². The van der Waals surface area contributed by atoms with Gasteiger partial charge in [0.2, 0.25) is 5.13 Å². The number of carbonyl (C=O) groups excluding carboxylic acids is 3. The third-order valence-electron chi connectivity index (χ3n) is 5.29. The first-order chi connectivity index (χ1) is 16.8. The van der Waals surface area contributed by atoms with Gasteiger partial charge in [0, 0.05) is 22.2 Å². The van der Waals surface area contributed by atoms with Gasteiger partial charge in [0.15, 0.2) is 6.61 Å². The number of methoxy groups -OCH3 is 1. The van der Waals surface area contributed by atoms with Crippen molar-refractivity contribution in [3.05, 3.63) is 55.2 Å². The van der Waals surface area contributed by atoms with Gasteiger partial charge < -0.3 is 9.47 Å². The van der Waals surface area contributed by atoms with Crippen LogP contribution < -0.4 is 4.90 Å². The summed E-state index contributed by atoms with van der Waals surface area (Å²) in [5.41, 5.74) is 0.769. The molecule has 0 saturated carbocycles. The quantitative estimate of drug-likeness (QED) is 0.270. The maximum atomic E-state index is 15.2. The Morgan fingerprint density at radius 2 is 1.94 bits per heavy atom. The molecule has 2 aromatic rings. The van der Waals surface area contributed by atoms with Gasteiger partial charge in [0.05, 0.1) is 25.1 Å². The maximum Gasteiger partial charge on any atom is 0.335 e. The molecule has 35 heavy (non-hydrogen) atoms. The zero-order chi connectivity index (χ0) is 25.5. The molecule has 2 heterocycles. The van der Waals surface area contributed by atoms with E-state index < -0.39 is 23.0 Å². The summed E-state index contributed by atoms with van der Waals surface area (Å²) in [6.07, 6.45) is 8.36. The van der Waals surface area contributed by atoms with Crippen LogP contribution in [-0.4, -0.2) is 36.5 Å². The standard InChI is InChI=1S/C24H21Cl2FN2O5S/c1-3-10-34-24(32)16-7-5-4-6-15(16)23(31)29(13-14-8-9-18(25)28-12-14)21-20(26)17(35-22(21)27)11-19(30)33-2/h1,8-9,12H,4-7,10-11,13H2,2H3. The molecule has 0 aliphatic heterocycles. The van der Waals surface area contributed by atoms with Crippen molar-refractivity contribution in [2.24, 2.45) is 0 Å². The lowest BCUT2D eigenvalue weighted by molar-refractivity contribution is -0.140. The van der Waals surface area contributed by atoms with E-state index in [-0.39, 0.29) is 51.5 Å². The van der Waals surface area contributed by atoms with Crippen molar-refractivity contribution >= 4 is 58.1 Å². The maximum absolute atomic E-state index is 15.2. The Balaban J connectivity index is 2.08. The molecule has 0 N–H and O–H groups in total. The predicted octanol–water partition coefficient (Wildman–Crippen LogP) is 4.88. The van der Waals surface area contributed by atoms with E-state index in [2.05, 4.69) is 15.6 Å². The summed E-state index contributed by atoms with van der Waals surface area (Å²) in [5, 5.41) is -0.585. The number of hydrogen-bond donors (Lipinski definition) is 0. The van der Waals surface area contributed by atoms with Gasteiger partial charge in [-0.3, -0.25) is 14.5 Å². The highest BCUT2D eigenvalue weighted by molar-refractivity contribution is 7.11. The van der Waals surface area contributed by atoms with Gasteiger partial charge in [0.25, 0.3) is 5.91 Å². The number of halogens is 3. The fourth-order valence-electron chi connectivity index (χ4n) is 3.62. The normalized spacial score (nSPS) is 13.2. The van der Waals surface area contributed by atoms with Gasteiger partial charge in [-0.2, -0.15) is 4.39 Å². The van der Waals surface area contributed by atoms with Crippen molar-refractivity contribution in [3.8, 4) is 12.3 Å². The Morgan fingerprint density at radius 1 is 1.23 bits per heavy atom. The first-order valence-corrected chi connectivity index (χ1v) is 12.1. The van der Waals surface area contributed by atoms with Crippen LogP contribution in [0.15, 0.2) is 29.5 Å². The number of amides is 1. The molecule has 7 nitrogen and oxygen atoms in total. The van der Waals surface area contributed by atoms with Gasteiger partial charge in [-0.1, -0.05) is 35.2 Å². The minimum absolute atomic E-state index is 0.0824. The largest absolute Gasteiger partial charge is 0.469 e. The van der Waals surface area contributed by atoms with Crippen molar-refractivity contribution < 1.29 is 28.2 Å². The lowest BCUT2D eigenvalue weighted by Crippen LogP contribution is -2.34. The molecule has 0 bridgehead atoms. The Hall–Kier alpha value is -2.93. The van der Waals surface area contributed by atoms with Crippen LogP contribution in [-0.2, 0) is 36.8 Å². The second-order valence-electron chi connectivity index (χ2n) is 7.54. The Bertz CT molecular complexity index is 1200. The first-order valence-electron chi connectivity index (χ1n) is 10.5. The highest BCUT2D eigenvalue weighted by Crippen LogP contribution is 2.41. The second-order valence-corrected chi connectivity index (χ2v) is 9.36. The molecule has 0 radical (unpaired) electrons. The summed E-state index contributed by atoms with van der Waals surface area (Å²) in [5.74, 6) is 0.340. The summed E-state index contributed by atoms with van der Waals surface area (Å²) in [4.78, 5) is 43.5. The van der Waals surface area contributed by atoms with Gasteiger partial charge in [-0.25, -0.2) is 9.78 Å². The molecule has 0 aromatic carbocycles.